The van der Waals surface area contributed by atoms with Crippen molar-refractivity contribution >= 4 is 17.4 Å². The molecule has 2 aromatic carbocycles. The topological polar surface area (TPSA) is 100.0 Å². The van der Waals surface area contributed by atoms with Crippen LogP contribution >= 0.6 is 0 Å². The number of hydrogen-bond donors (Lipinski definition) is 2. The maximum atomic E-state index is 14.0. The van der Waals surface area contributed by atoms with Gasteiger partial charge in [-0.05, 0) is 50.2 Å². The quantitative estimate of drug-likeness (QED) is 0.627. The average molecular weight is 454 g/mol. The van der Waals surface area contributed by atoms with Gasteiger partial charge in [0.2, 0.25) is 5.91 Å². The third-order valence-electron chi connectivity index (χ3n) is 5.76. The van der Waals surface area contributed by atoms with Crippen LogP contribution in [0.15, 0.2) is 36.4 Å². The third kappa shape index (κ3) is 3.81. The molecule has 2 heterocycles. The summed E-state index contributed by atoms with van der Waals surface area (Å²) in [6, 6.07) is 9.21. The summed E-state index contributed by atoms with van der Waals surface area (Å²) in [5, 5.41) is 12.3. The highest BCUT2D eigenvalue weighted by Gasteiger charge is 2.41. The molecule has 1 aromatic heterocycles. The van der Waals surface area contributed by atoms with E-state index in [0.717, 1.165) is 18.2 Å². The van der Waals surface area contributed by atoms with Crippen LogP contribution in [0.2, 0.25) is 0 Å². The Balaban J connectivity index is 1.89. The Labute approximate surface area is 188 Å². The van der Waals surface area contributed by atoms with Crippen LogP contribution < -0.4 is 11.1 Å². The molecular weight excluding hydrogens is 433 g/mol. The number of nitrogens with two attached hydrogens (primary N) is 1. The van der Waals surface area contributed by atoms with Gasteiger partial charge < -0.3 is 20.5 Å². The largest absolute Gasteiger partial charge is 0.340 e. The van der Waals surface area contributed by atoms with Crippen LogP contribution in [-0.4, -0.2) is 33.4 Å². The van der Waals surface area contributed by atoms with Crippen LogP contribution in [0.4, 0.5) is 24.7 Å². The van der Waals surface area contributed by atoms with E-state index < -0.39 is 23.0 Å². The van der Waals surface area contributed by atoms with Gasteiger partial charge in [0.05, 0.1) is 17.6 Å². The lowest BCUT2D eigenvalue weighted by molar-refractivity contribution is -0.137. The second kappa shape index (κ2) is 8.26. The number of amides is 1. The van der Waals surface area contributed by atoms with Crippen LogP contribution in [0.1, 0.15) is 25.2 Å². The lowest BCUT2D eigenvalue weighted by Crippen LogP contribution is -2.53. The van der Waals surface area contributed by atoms with Crippen molar-refractivity contribution in [2.75, 3.05) is 18.4 Å². The van der Waals surface area contributed by atoms with E-state index in [1.807, 2.05) is 18.4 Å². The Morgan fingerprint density at radius 3 is 2.55 bits per heavy atom. The molecule has 0 spiro atoms. The predicted octanol–water partition coefficient (Wildman–Crippen LogP) is 3.62. The SMILES string of the molecule is CC1(C)c2nc(-c3ccc(F)c(F)c3)c(Nc3ccc(F)c(C#N)c3)n2CCN1C(=O)CN. The minimum Gasteiger partial charge on any atom is -0.340 e. The minimum absolute atomic E-state index is 0.146. The first-order valence-electron chi connectivity index (χ1n) is 10.2. The number of nitriles is 1. The molecule has 1 amide bonds. The molecule has 0 saturated heterocycles. The number of carbonyl (C=O) groups is 1. The van der Waals surface area contributed by atoms with Crippen molar-refractivity contribution in [2.45, 2.75) is 25.9 Å². The Morgan fingerprint density at radius 2 is 1.88 bits per heavy atom. The maximum Gasteiger partial charge on any atom is 0.237 e. The van der Waals surface area contributed by atoms with Gasteiger partial charge >= 0.3 is 0 Å². The van der Waals surface area contributed by atoms with Gasteiger partial charge in [0.15, 0.2) is 11.6 Å². The molecule has 0 unspecified atom stereocenters. The van der Waals surface area contributed by atoms with Crippen LogP contribution in [0, 0.1) is 28.8 Å². The summed E-state index contributed by atoms with van der Waals surface area (Å²) in [4.78, 5) is 18.8. The van der Waals surface area contributed by atoms with E-state index in [1.165, 1.54) is 18.2 Å². The fourth-order valence-corrected chi connectivity index (χ4v) is 4.08. The summed E-state index contributed by atoms with van der Waals surface area (Å²) in [6.45, 7) is 4.20. The van der Waals surface area contributed by atoms with Crippen molar-refractivity contribution in [2.24, 2.45) is 5.73 Å². The number of anilines is 2. The highest BCUT2D eigenvalue weighted by molar-refractivity contribution is 5.80. The summed E-state index contributed by atoms with van der Waals surface area (Å²) in [7, 11) is 0. The normalized spacial score (nSPS) is 14.5. The fourth-order valence-electron chi connectivity index (χ4n) is 4.08. The Kier molecular flexibility index (Phi) is 5.59. The van der Waals surface area contributed by atoms with Gasteiger partial charge in [0.25, 0.3) is 0 Å². The van der Waals surface area contributed by atoms with Gasteiger partial charge in [-0.25, -0.2) is 18.2 Å². The standard InChI is InChI=1S/C23H21F3N6O/c1-23(2)22-30-20(13-3-5-17(25)18(26)10-13)21(31(22)7-8-32(23)19(33)12-28)29-15-4-6-16(24)14(9-15)11-27/h3-6,9-10,29H,7-8,12,28H2,1-2H3. The predicted molar refractivity (Wildman–Crippen MR) is 116 cm³/mol. The number of fused-ring (bicyclic) bond motifs is 1. The molecule has 7 nitrogen and oxygen atoms in total. The molecular formula is C23H21F3N6O. The molecule has 0 radical (unpaired) electrons. The second-order valence-electron chi connectivity index (χ2n) is 8.15. The van der Waals surface area contributed by atoms with E-state index in [1.54, 1.807) is 11.0 Å². The second-order valence-corrected chi connectivity index (χ2v) is 8.15. The number of imidazole rings is 1. The van der Waals surface area contributed by atoms with Crippen LogP contribution in [0.25, 0.3) is 11.3 Å². The third-order valence-corrected chi connectivity index (χ3v) is 5.76. The Hall–Kier alpha value is -3.84. The monoisotopic (exact) mass is 454 g/mol. The summed E-state index contributed by atoms with van der Waals surface area (Å²) in [6.07, 6.45) is 0. The molecule has 4 rings (SSSR count). The molecule has 0 atom stereocenters. The average Bonchev–Trinajstić information content (AvgIpc) is 3.16. The highest BCUT2D eigenvalue weighted by Crippen LogP contribution is 2.39. The van der Waals surface area contributed by atoms with Gasteiger partial charge in [-0.3, -0.25) is 4.79 Å². The lowest BCUT2D eigenvalue weighted by atomic mass is 9.99. The first-order chi connectivity index (χ1) is 15.7. The molecule has 0 bridgehead atoms. The van der Waals surface area contributed by atoms with Crippen LogP contribution in [0.3, 0.4) is 0 Å². The van der Waals surface area contributed by atoms with E-state index in [0.29, 0.717) is 41.7 Å². The summed E-state index contributed by atoms with van der Waals surface area (Å²) in [5.41, 5.74) is 5.64. The number of aromatic nitrogens is 2. The smallest absolute Gasteiger partial charge is 0.237 e. The van der Waals surface area contributed by atoms with Gasteiger partial charge in [0, 0.05) is 24.3 Å². The van der Waals surface area contributed by atoms with Crippen LogP contribution in [-0.2, 0) is 16.9 Å². The van der Waals surface area contributed by atoms with Crippen molar-refractivity contribution in [3.05, 3.63) is 65.2 Å². The number of benzene rings is 2. The molecule has 3 N–H and O–H groups in total. The first kappa shape index (κ1) is 22.4. The fraction of sp³-hybridized carbons (Fsp3) is 0.261. The number of nitrogens with zero attached hydrogens (tertiary/aromatic N) is 4. The molecule has 33 heavy (non-hydrogen) atoms. The Bertz CT molecular complexity index is 1290. The zero-order chi connectivity index (χ0) is 23.9. The van der Waals surface area contributed by atoms with E-state index in [2.05, 4.69) is 5.32 Å². The molecule has 3 aromatic rings. The maximum absolute atomic E-state index is 14.0. The lowest BCUT2D eigenvalue weighted by Gasteiger charge is -2.42. The van der Waals surface area contributed by atoms with Crippen LogP contribution in [0.5, 0.6) is 0 Å². The van der Waals surface area contributed by atoms with Crippen molar-refractivity contribution in [3.8, 4) is 17.3 Å². The van der Waals surface area contributed by atoms with Gasteiger partial charge in [-0.15, -0.1) is 0 Å². The zero-order valence-corrected chi connectivity index (χ0v) is 18.0. The van der Waals surface area contributed by atoms with E-state index in [9.17, 15) is 18.0 Å². The van der Waals surface area contributed by atoms with Gasteiger partial charge in [-0.2, -0.15) is 5.26 Å². The van der Waals surface area contributed by atoms with E-state index in [4.69, 9.17) is 16.0 Å². The number of nitrogens with one attached hydrogen (secondary N) is 1. The molecule has 0 aliphatic carbocycles. The molecule has 1 aliphatic rings. The molecule has 170 valence electrons. The van der Waals surface area contributed by atoms with Crippen molar-refractivity contribution in [3.63, 3.8) is 0 Å². The van der Waals surface area contributed by atoms with Gasteiger partial charge in [-0.1, -0.05) is 0 Å². The first-order valence-corrected chi connectivity index (χ1v) is 10.2. The molecule has 0 fully saturated rings. The Morgan fingerprint density at radius 1 is 1.15 bits per heavy atom. The summed E-state index contributed by atoms with van der Waals surface area (Å²) < 4.78 is 43.3. The molecule has 10 heteroatoms. The zero-order valence-electron chi connectivity index (χ0n) is 18.0. The van der Waals surface area contributed by atoms with Crippen molar-refractivity contribution < 1.29 is 18.0 Å². The number of halogens is 3. The molecule has 0 saturated carbocycles. The number of rotatable bonds is 4. The van der Waals surface area contributed by atoms with Crippen molar-refractivity contribution in [1.82, 2.24) is 14.5 Å². The van der Waals surface area contributed by atoms with E-state index in [-0.39, 0.29) is 18.0 Å². The van der Waals surface area contributed by atoms with Gasteiger partial charge in [0.1, 0.15) is 29.2 Å². The van der Waals surface area contributed by atoms with E-state index >= 15 is 0 Å². The van der Waals surface area contributed by atoms with Crippen molar-refractivity contribution in [1.29, 1.82) is 5.26 Å². The minimum atomic E-state index is -1.03. The summed E-state index contributed by atoms with van der Waals surface area (Å²) in [5.74, 6) is -1.96. The molecule has 1 aliphatic heterocycles. The summed E-state index contributed by atoms with van der Waals surface area (Å²) >= 11 is 0. The highest BCUT2D eigenvalue weighted by atomic mass is 19.2. The number of carbonyl (C=O) groups excluding carboxylic acids is 1. The number of hydrogen-bond acceptors (Lipinski definition) is 5.